The Balaban J connectivity index is 2.20. The zero-order valence-corrected chi connectivity index (χ0v) is 9.34. The fourth-order valence-electron chi connectivity index (χ4n) is 1.82. The van der Waals surface area contributed by atoms with Gasteiger partial charge in [0.25, 0.3) is 0 Å². The van der Waals surface area contributed by atoms with E-state index in [-0.39, 0.29) is 5.69 Å². The van der Waals surface area contributed by atoms with Gasteiger partial charge < -0.3 is 0 Å². The summed E-state index contributed by atoms with van der Waals surface area (Å²) in [5, 5.41) is 6.31. The molecule has 4 heteroatoms. The topological polar surface area (TPSA) is 50.2 Å². The number of pyridine rings is 1. The Labute approximate surface area is 97.5 Å². The summed E-state index contributed by atoms with van der Waals surface area (Å²) in [6, 6.07) is 12.0. The van der Waals surface area contributed by atoms with Gasteiger partial charge in [-0.25, -0.2) is 14.3 Å². The van der Waals surface area contributed by atoms with Crippen LogP contribution in [0.1, 0.15) is 5.56 Å². The lowest BCUT2D eigenvalue weighted by Crippen LogP contribution is -2.08. The summed E-state index contributed by atoms with van der Waals surface area (Å²) in [6.07, 6.45) is 1.80. The third kappa shape index (κ3) is 1.63. The lowest BCUT2D eigenvalue weighted by molar-refractivity contribution is 1.02. The zero-order valence-electron chi connectivity index (χ0n) is 9.34. The van der Waals surface area contributed by atoms with Gasteiger partial charge in [0.1, 0.15) is 0 Å². The Morgan fingerprint density at radius 2 is 1.76 bits per heavy atom. The van der Waals surface area contributed by atoms with Crippen LogP contribution >= 0.6 is 0 Å². The molecule has 1 aromatic carbocycles. The van der Waals surface area contributed by atoms with Crippen LogP contribution in [0.4, 0.5) is 0 Å². The third-order valence-electron chi connectivity index (χ3n) is 2.80. The van der Waals surface area contributed by atoms with E-state index in [1.807, 2.05) is 31.2 Å². The maximum absolute atomic E-state index is 11.5. The number of hydrogen-bond donors (Lipinski definition) is 1. The van der Waals surface area contributed by atoms with E-state index in [9.17, 15) is 4.79 Å². The molecule has 0 radical (unpaired) electrons. The summed E-state index contributed by atoms with van der Waals surface area (Å²) in [5.74, 6) is 0. The van der Waals surface area contributed by atoms with E-state index in [2.05, 4.69) is 22.3 Å². The predicted molar refractivity (Wildman–Crippen MR) is 66.0 cm³/mol. The second-order valence-electron chi connectivity index (χ2n) is 4.04. The monoisotopic (exact) mass is 225 g/mol. The summed E-state index contributed by atoms with van der Waals surface area (Å²) in [4.78, 5) is 11.5. The molecule has 0 spiro atoms. The Morgan fingerprint density at radius 3 is 2.53 bits per heavy atom. The van der Waals surface area contributed by atoms with Gasteiger partial charge in [0, 0.05) is 6.20 Å². The van der Waals surface area contributed by atoms with Gasteiger partial charge in [-0.2, -0.15) is 5.10 Å². The van der Waals surface area contributed by atoms with Crippen LogP contribution in [-0.2, 0) is 0 Å². The van der Waals surface area contributed by atoms with Crippen LogP contribution in [0.3, 0.4) is 0 Å². The molecule has 84 valence electrons. The highest BCUT2D eigenvalue weighted by atomic mass is 16.1. The molecule has 2 aromatic heterocycles. The predicted octanol–water partition coefficient (Wildman–Crippen LogP) is 2.00. The minimum Gasteiger partial charge on any atom is -0.250 e. The van der Waals surface area contributed by atoms with Gasteiger partial charge in [-0.15, -0.1) is 0 Å². The maximum Gasteiger partial charge on any atom is 0.347 e. The summed E-state index contributed by atoms with van der Waals surface area (Å²) in [7, 11) is 0. The number of benzene rings is 1. The van der Waals surface area contributed by atoms with E-state index >= 15 is 0 Å². The van der Waals surface area contributed by atoms with Crippen molar-refractivity contribution >= 4 is 5.65 Å². The number of fused-ring (bicyclic) bond motifs is 1. The van der Waals surface area contributed by atoms with Crippen LogP contribution in [0.5, 0.6) is 0 Å². The number of hydrogen-bond acceptors (Lipinski definition) is 2. The Bertz CT molecular complexity index is 722. The molecule has 4 nitrogen and oxygen atoms in total. The van der Waals surface area contributed by atoms with Crippen molar-refractivity contribution in [1.82, 2.24) is 14.6 Å². The SMILES string of the molecule is Cc1ccc(-c2ccc3n[nH]c(=O)n3c2)cc1. The average molecular weight is 225 g/mol. The molecule has 0 unspecified atom stereocenters. The third-order valence-corrected chi connectivity index (χ3v) is 2.80. The van der Waals surface area contributed by atoms with Crippen LogP contribution in [-0.4, -0.2) is 14.6 Å². The van der Waals surface area contributed by atoms with Crippen molar-refractivity contribution in [2.24, 2.45) is 0 Å². The first-order valence-electron chi connectivity index (χ1n) is 5.38. The number of rotatable bonds is 1. The number of aromatic nitrogens is 3. The van der Waals surface area contributed by atoms with Crippen molar-refractivity contribution < 1.29 is 0 Å². The molecule has 0 aliphatic rings. The van der Waals surface area contributed by atoms with Crippen LogP contribution in [0.2, 0.25) is 0 Å². The molecule has 3 aromatic rings. The van der Waals surface area contributed by atoms with E-state index in [1.54, 1.807) is 6.20 Å². The van der Waals surface area contributed by atoms with Crippen LogP contribution in [0.25, 0.3) is 16.8 Å². The highest BCUT2D eigenvalue weighted by Crippen LogP contribution is 2.19. The molecular formula is C13H11N3O. The van der Waals surface area contributed by atoms with Crippen molar-refractivity contribution in [2.45, 2.75) is 6.92 Å². The lowest BCUT2D eigenvalue weighted by atomic mass is 10.1. The summed E-state index contributed by atoms with van der Waals surface area (Å²) in [6.45, 7) is 2.05. The largest absolute Gasteiger partial charge is 0.347 e. The molecule has 0 aliphatic heterocycles. The van der Waals surface area contributed by atoms with Gasteiger partial charge in [-0.05, 0) is 30.2 Å². The molecule has 1 N–H and O–H groups in total. The van der Waals surface area contributed by atoms with E-state index < -0.39 is 0 Å². The smallest absolute Gasteiger partial charge is 0.250 e. The first-order valence-corrected chi connectivity index (χ1v) is 5.38. The van der Waals surface area contributed by atoms with Crippen molar-refractivity contribution in [3.05, 3.63) is 58.6 Å². The molecule has 0 saturated heterocycles. The molecule has 0 bridgehead atoms. The normalized spacial score (nSPS) is 10.9. The van der Waals surface area contributed by atoms with Crippen molar-refractivity contribution in [3.8, 4) is 11.1 Å². The number of aromatic amines is 1. The molecule has 0 fully saturated rings. The average Bonchev–Trinajstić information content (AvgIpc) is 2.72. The zero-order chi connectivity index (χ0) is 11.8. The molecule has 0 atom stereocenters. The van der Waals surface area contributed by atoms with Gasteiger partial charge in [0.2, 0.25) is 0 Å². The van der Waals surface area contributed by atoms with E-state index in [0.717, 1.165) is 11.1 Å². The number of nitrogens with one attached hydrogen (secondary N) is 1. The van der Waals surface area contributed by atoms with E-state index in [1.165, 1.54) is 9.96 Å². The first-order chi connectivity index (χ1) is 8.24. The van der Waals surface area contributed by atoms with E-state index in [4.69, 9.17) is 0 Å². The molecule has 0 amide bonds. The fourth-order valence-corrected chi connectivity index (χ4v) is 1.82. The number of H-pyrrole nitrogens is 1. The van der Waals surface area contributed by atoms with Gasteiger partial charge in [0.15, 0.2) is 5.65 Å². The van der Waals surface area contributed by atoms with Crippen LogP contribution in [0, 0.1) is 6.92 Å². The highest BCUT2D eigenvalue weighted by molar-refractivity contribution is 5.64. The second-order valence-corrected chi connectivity index (χ2v) is 4.04. The van der Waals surface area contributed by atoms with E-state index in [0.29, 0.717) is 5.65 Å². The summed E-state index contributed by atoms with van der Waals surface area (Å²) < 4.78 is 1.51. The number of aryl methyl sites for hydroxylation is 1. The van der Waals surface area contributed by atoms with Crippen molar-refractivity contribution in [1.29, 1.82) is 0 Å². The van der Waals surface area contributed by atoms with Crippen LogP contribution < -0.4 is 5.69 Å². The number of nitrogens with zero attached hydrogens (tertiary/aromatic N) is 2. The maximum atomic E-state index is 11.5. The first kappa shape index (κ1) is 9.84. The Morgan fingerprint density at radius 1 is 1.06 bits per heavy atom. The molecule has 0 saturated carbocycles. The minimum atomic E-state index is -0.214. The Kier molecular flexibility index (Phi) is 2.08. The van der Waals surface area contributed by atoms with Crippen molar-refractivity contribution in [3.63, 3.8) is 0 Å². The summed E-state index contributed by atoms with van der Waals surface area (Å²) in [5.41, 5.74) is 3.72. The summed E-state index contributed by atoms with van der Waals surface area (Å²) >= 11 is 0. The molecule has 17 heavy (non-hydrogen) atoms. The van der Waals surface area contributed by atoms with Crippen LogP contribution in [0.15, 0.2) is 47.4 Å². The highest BCUT2D eigenvalue weighted by Gasteiger charge is 2.02. The molecule has 0 aliphatic carbocycles. The van der Waals surface area contributed by atoms with Gasteiger partial charge in [0.05, 0.1) is 0 Å². The van der Waals surface area contributed by atoms with Gasteiger partial charge >= 0.3 is 5.69 Å². The molecular weight excluding hydrogens is 214 g/mol. The standard InChI is InChI=1S/C13H11N3O/c1-9-2-4-10(5-3-9)11-6-7-12-14-15-13(17)16(12)8-11/h2-8H,1H3,(H,15,17). The van der Waals surface area contributed by atoms with Gasteiger partial charge in [-0.3, -0.25) is 0 Å². The lowest BCUT2D eigenvalue weighted by Gasteiger charge is -2.02. The fraction of sp³-hybridized carbons (Fsp3) is 0.0769. The van der Waals surface area contributed by atoms with Crippen molar-refractivity contribution in [2.75, 3.05) is 0 Å². The van der Waals surface area contributed by atoms with Gasteiger partial charge in [-0.1, -0.05) is 29.8 Å². The molecule has 3 rings (SSSR count). The molecule has 2 heterocycles. The minimum absolute atomic E-state index is 0.214. The Hall–Kier alpha value is -2.36. The quantitative estimate of drug-likeness (QED) is 0.688. The second kappa shape index (κ2) is 3.59.